The number of esters is 1. The summed E-state index contributed by atoms with van der Waals surface area (Å²) in [5.41, 5.74) is 6.97. The van der Waals surface area contributed by atoms with Gasteiger partial charge in [0.25, 0.3) is 0 Å². The molecule has 0 spiro atoms. The molecular formula is C28H24N2O4. The van der Waals surface area contributed by atoms with E-state index in [0.717, 1.165) is 16.5 Å². The number of ether oxygens (including phenoxy) is 2. The molecule has 3 aromatic carbocycles. The minimum atomic E-state index is -0.450. The van der Waals surface area contributed by atoms with Crippen molar-refractivity contribution in [2.24, 2.45) is 0 Å². The summed E-state index contributed by atoms with van der Waals surface area (Å²) in [6.45, 7) is 0.627. The van der Waals surface area contributed by atoms with Crippen molar-refractivity contribution in [1.82, 2.24) is 10.3 Å². The lowest BCUT2D eigenvalue weighted by atomic mass is 9.98. The lowest BCUT2D eigenvalue weighted by molar-refractivity contribution is 0.0595. The normalized spacial score (nSPS) is 12.5. The number of aromatic amines is 1. The third kappa shape index (κ3) is 4.18. The minimum absolute atomic E-state index is 0.0381. The van der Waals surface area contributed by atoms with E-state index < -0.39 is 12.1 Å². The summed E-state index contributed by atoms with van der Waals surface area (Å²) in [6.07, 6.45) is 3.31. The number of benzene rings is 3. The van der Waals surface area contributed by atoms with Crippen LogP contribution in [0.1, 0.15) is 33.1 Å². The first-order chi connectivity index (χ1) is 16.6. The van der Waals surface area contributed by atoms with Crippen LogP contribution in [-0.2, 0) is 9.47 Å². The van der Waals surface area contributed by atoms with Crippen LogP contribution in [0.4, 0.5) is 4.79 Å². The maximum absolute atomic E-state index is 12.3. The SMILES string of the molecule is COC(=O)c1cc2ccc(C=CCNC(=O)OCC3c4ccccc4-c4ccccc43)cc2[nH]1. The van der Waals surface area contributed by atoms with Crippen molar-refractivity contribution < 1.29 is 19.1 Å². The first-order valence-electron chi connectivity index (χ1n) is 11.1. The summed E-state index contributed by atoms with van der Waals surface area (Å²) in [5.74, 6) is -0.364. The molecule has 0 radical (unpaired) electrons. The second kappa shape index (κ2) is 9.27. The van der Waals surface area contributed by atoms with E-state index in [1.54, 1.807) is 6.07 Å². The van der Waals surface area contributed by atoms with Crippen molar-refractivity contribution in [3.8, 4) is 11.1 Å². The Labute approximate surface area is 197 Å². The van der Waals surface area contributed by atoms with E-state index >= 15 is 0 Å². The lowest BCUT2D eigenvalue weighted by Gasteiger charge is -2.14. The quantitative estimate of drug-likeness (QED) is 0.378. The molecule has 2 N–H and O–H groups in total. The van der Waals surface area contributed by atoms with Crippen molar-refractivity contribution in [2.75, 3.05) is 20.3 Å². The van der Waals surface area contributed by atoms with Gasteiger partial charge in [-0.2, -0.15) is 0 Å². The summed E-state index contributed by atoms with van der Waals surface area (Å²) < 4.78 is 10.3. The number of carbonyl (C=O) groups excluding carboxylic acids is 2. The Hall–Kier alpha value is -4.32. The summed E-state index contributed by atoms with van der Waals surface area (Å²) in [5, 5.41) is 3.70. The molecule has 0 saturated heterocycles. The van der Waals surface area contributed by atoms with E-state index in [1.807, 2.05) is 54.6 Å². The van der Waals surface area contributed by atoms with Crippen molar-refractivity contribution >= 4 is 29.0 Å². The Balaban J connectivity index is 1.16. The van der Waals surface area contributed by atoms with Crippen molar-refractivity contribution in [3.63, 3.8) is 0 Å². The lowest BCUT2D eigenvalue weighted by Crippen LogP contribution is -2.26. The fourth-order valence-corrected chi connectivity index (χ4v) is 4.45. The minimum Gasteiger partial charge on any atom is -0.464 e. The van der Waals surface area contributed by atoms with E-state index in [1.165, 1.54) is 29.4 Å². The molecule has 0 atom stereocenters. The number of carbonyl (C=O) groups is 2. The number of rotatable bonds is 6. The molecule has 5 rings (SSSR count). The molecule has 1 aliphatic carbocycles. The average molecular weight is 453 g/mol. The summed E-state index contributed by atoms with van der Waals surface area (Å²) in [7, 11) is 1.35. The highest BCUT2D eigenvalue weighted by Crippen LogP contribution is 2.44. The Morgan fingerprint density at radius 3 is 2.38 bits per heavy atom. The fourth-order valence-electron chi connectivity index (χ4n) is 4.45. The highest BCUT2D eigenvalue weighted by Gasteiger charge is 2.28. The second-order valence-electron chi connectivity index (χ2n) is 8.13. The maximum Gasteiger partial charge on any atom is 0.407 e. The van der Waals surface area contributed by atoms with Crippen LogP contribution in [0.3, 0.4) is 0 Å². The number of H-pyrrole nitrogens is 1. The standard InChI is InChI=1S/C28H24N2O4/c1-33-27(31)26-16-19-13-12-18(15-25(19)30-26)7-6-14-29-28(32)34-17-24-22-10-4-2-8-20(22)21-9-3-5-11-23(21)24/h2-13,15-16,24,30H,14,17H2,1H3,(H,29,32). The van der Waals surface area contributed by atoms with Crippen LogP contribution >= 0.6 is 0 Å². The van der Waals surface area contributed by atoms with Gasteiger partial charge in [0.2, 0.25) is 0 Å². The molecule has 6 nitrogen and oxygen atoms in total. The first-order valence-corrected chi connectivity index (χ1v) is 11.1. The van der Waals surface area contributed by atoms with Crippen LogP contribution in [0.25, 0.3) is 28.1 Å². The van der Waals surface area contributed by atoms with E-state index in [4.69, 9.17) is 9.47 Å². The number of alkyl carbamates (subject to hydrolysis) is 1. The smallest absolute Gasteiger partial charge is 0.407 e. The van der Waals surface area contributed by atoms with Crippen LogP contribution < -0.4 is 5.32 Å². The zero-order valence-corrected chi connectivity index (χ0v) is 18.7. The van der Waals surface area contributed by atoms with Gasteiger partial charge in [-0.1, -0.05) is 72.8 Å². The van der Waals surface area contributed by atoms with E-state index in [0.29, 0.717) is 12.2 Å². The van der Waals surface area contributed by atoms with Gasteiger partial charge in [-0.25, -0.2) is 9.59 Å². The van der Waals surface area contributed by atoms with Crippen LogP contribution in [0.2, 0.25) is 0 Å². The third-order valence-corrected chi connectivity index (χ3v) is 6.07. The number of amides is 1. The summed E-state index contributed by atoms with van der Waals surface area (Å²) in [6, 6.07) is 24.1. The average Bonchev–Trinajstić information content (AvgIpc) is 3.44. The Kier molecular flexibility index (Phi) is 5.87. The Morgan fingerprint density at radius 1 is 0.971 bits per heavy atom. The maximum atomic E-state index is 12.3. The Bertz CT molecular complexity index is 1360. The number of aromatic nitrogens is 1. The largest absolute Gasteiger partial charge is 0.464 e. The van der Waals surface area contributed by atoms with Crippen LogP contribution in [0, 0.1) is 0 Å². The van der Waals surface area contributed by atoms with E-state index in [-0.39, 0.29) is 12.5 Å². The highest BCUT2D eigenvalue weighted by atomic mass is 16.5. The molecule has 0 bridgehead atoms. The Morgan fingerprint density at radius 2 is 1.68 bits per heavy atom. The molecule has 1 heterocycles. The molecular weight excluding hydrogens is 428 g/mol. The molecule has 0 unspecified atom stereocenters. The molecule has 0 fully saturated rings. The molecule has 4 aromatic rings. The van der Waals surface area contributed by atoms with Gasteiger partial charge in [0.15, 0.2) is 0 Å². The molecule has 170 valence electrons. The van der Waals surface area contributed by atoms with Crippen LogP contribution in [0.15, 0.2) is 78.9 Å². The number of hydrogen-bond acceptors (Lipinski definition) is 4. The number of hydrogen-bond donors (Lipinski definition) is 2. The molecule has 6 heteroatoms. The predicted molar refractivity (Wildman–Crippen MR) is 132 cm³/mol. The van der Waals surface area contributed by atoms with Crippen molar-refractivity contribution in [1.29, 1.82) is 0 Å². The van der Waals surface area contributed by atoms with Gasteiger partial charge in [-0.05, 0) is 39.9 Å². The highest BCUT2D eigenvalue weighted by molar-refractivity contribution is 5.95. The molecule has 1 aliphatic rings. The first kappa shape index (κ1) is 21.5. The van der Waals surface area contributed by atoms with Crippen LogP contribution in [0.5, 0.6) is 0 Å². The van der Waals surface area contributed by atoms with Crippen molar-refractivity contribution in [3.05, 3.63) is 101 Å². The van der Waals surface area contributed by atoms with Gasteiger partial charge >= 0.3 is 12.1 Å². The second-order valence-corrected chi connectivity index (χ2v) is 8.13. The molecule has 0 saturated carbocycles. The van der Waals surface area contributed by atoms with Crippen LogP contribution in [-0.4, -0.2) is 37.3 Å². The van der Waals surface area contributed by atoms with Crippen molar-refractivity contribution in [2.45, 2.75) is 5.92 Å². The zero-order chi connectivity index (χ0) is 23.5. The van der Waals surface area contributed by atoms with E-state index in [2.05, 4.69) is 34.6 Å². The predicted octanol–water partition coefficient (Wildman–Crippen LogP) is 5.51. The van der Waals surface area contributed by atoms with Gasteiger partial charge in [-0.15, -0.1) is 0 Å². The van der Waals surface area contributed by atoms with Gasteiger partial charge in [0.1, 0.15) is 12.3 Å². The summed E-state index contributed by atoms with van der Waals surface area (Å²) in [4.78, 5) is 27.0. The van der Waals surface area contributed by atoms with E-state index in [9.17, 15) is 9.59 Å². The molecule has 0 aliphatic heterocycles. The monoisotopic (exact) mass is 452 g/mol. The number of methoxy groups -OCH3 is 1. The number of fused-ring (bicyclic) bond motifs is 4. The van der Waals surface area contributed by atoms with Gasteiger partial charge in [0, 0.05) is 23.4 Å². The molecule has 34 heavy (non-hydrogen) atoms. The van der Waals surface area contributed by atoms with Gasteiger partial charge in [-0.3, -0.25) is 0 Å². The topological polar surface area (TPSA) is 80.4 Å². The summed E-state index contributed by atoms with van der Waals surface area (Å²) >= 11 is 0. The van der Waals surface area contributed by atoms with Gasteiger partial charge in [0.05, 0.1) is 7.11 Å². The number of nitrogens with one attached hydrogen (secondary N) is 2. The third-order valence-electron chi connectivity index (χ3n) is 6.07. The molecule has 1 aromatic heterocycles. The zero-order valence-electron chi connectivity index (χ0n) is 18.7. The van der Waals surface area contributed by atoms with Gasteiger partial charge < -0.3 is 19.8 Å². The fraction of sp³-hybridized carbons (Fsp3) is 0.143. The molecule has 1 amide bonds.